The van der Waals surface area contributed by atoms with Crippen LogP contribution in [0.1, 0.15) is 25.3 Å². The minimum Gasteiger partial charge on any atom is -0.422 e. The largest absolute Gasteiger partial charge is 0.422 e. The van der Waals surface area contributed by atoms with Crippen molar-refractivity contribution < 1.29 is 9.53 Å². The molecule has 3 heteroatoms. The maximum Gasteiger partial charge on any atom is 0.358 e. The molecule has 3 nitrogen and oxygen atoms in total. The molecular weight excluding hydrogens is 190 g/mol. The average molecular weight is 205 g/mol. The molecule has 2 N–H and O–H groups in total. The standard InChI is InChI=1S/C12H15NO2/c1-8(2)10-4-6-11(7-5-10)15-12(14)9(3)13/h4-8H,3,13H2,1-2H3. The number of benzene rings is 1. The van der Waals surface area contributed by atoms with Crippen LogP contribution in [0.5, 0.6) is 5.75 Å². The third-order valence-electron chi connectivity index (χ3n) is 2.02. The van der Waals surface area contributed by atoms with Crippen LogP contribution in [0.3, 0.4) is 0 Å². The minimum atomic E-state index is -0.604. The number of hydrogen-bond acceptors (Lipinski definition) is 3. The van der Waals surface area contributed by atoms with E-state index in [1.807, 2.05) is 12.1 Å². The predicted molar refractivity (Wildman–Crippen MR) is 59.5 cm³/mol. The summed E-state index contributed by atoms with van der Waals surface area (Å²) in [6, 6.07) is 7.34. The highest BCUT2D eigenvalue weighted by molar-refractivity contribution is 5.88. The lowest BCUT2D eigenvalue weighted by atomic mass is 10.0. The Hall–Kier alpha value is -1.77. The van der Waals surface area contributed by atoms with Crippen LogP contribution in [0.15, 0.2) is 36.5 Å². The monoisotopic (exact) mass is 205 g/mol. The van der Waals surface area contributed by atoms with Gasteiger partial charge in [0.2, 0.25) is 0 Å². The quantitative estimate of drug-likeness (QED) is 0.467. The number of carbonyl (C=O) groups is 1. The molecule has 0 atom stereocenters. The van der Waals surface area contributed by atoms with Gasteiger partial charge >= 0.3 is 5.97 Å². The molecule has 0 aliphatic heterocycles. The molecule has 0 fully saturated rings. The van der Waals surface area contributed by atoms with Crippen molar-refractivity contribution in [1.82, 2.24) is 0 Å². The second kappa shape index (κ2) is 4.64. The lowest BCUT2D eigenvalue weighted by Gasteiger charge is -2.07. The maximum atomic E-state index is 11.1. The topological polar surface area (TPSA) is 52.3 Å². The number of hydrogen-bond donors (Lipinski definition) is 1. The molecule has 0 aliphatic rings. The van der Waals surface area contributed by atoms with Crippen LogP contribution in [-0.4, -0.2) is 5.97 Å². The van der Waals surface area contributed by atoms with Gasteiger partial charge in [0.15, 0.2) is 0 Å². The van der Waals surface area contributed by atoms with Crippen LogP contribution in [0.25, 0.3) is 0 Å². The van der Waals surface area contributed by atoms with Crippen LogP contribution >= 0.6 is 0 Å². The van der Waals surface area contributed by atoms with E-state index in [1.54, 1.807) is 12.1 Å². The highest BCUT2D eigenvalue weighted by Gasteiger charge is 2.06. The third kappa shape index (κ3) is 3.13. The summed E-state index contributed by atoms with van der Waals surface area (Å²) in [7, 11) is 0. The number of nitrogens with two attached hydrogens (primary N) is 1. The smallest absolute Gasteiger partial charge is 0.358 e. The lowest BCUT2D eigenvalue weighted by Crippen LogP contribution is -2.16. The van der Waals surface area contributed by atoms with E-state index >= 15 is 0 Å². The number of rotatable bonds is 3. The summed E-state index contributed by atoms with van der Waals surface area (Å²) in [5.41, 5.74) is 6.29. The van der Waals surface area contributed by atoms with Crippen molar-refractivity contribution in [1.29, 1.82) is 0 Å². The van der Waals surface area contributed by atoms with Gasteiger partial charge in [0.25, 0.3) is 0 Å². The highest BCUT2D eigenvalue weighted by Crippen LogP contribution is 2.18. The molecule has 0 amide bonds. The van der Waals surface area contributed by atoms with E-state index in [1.165, 1.54) is 5.56 Å². The van der Waals surface area contributed by atoms with Gasteiger partial charge < -0.3 is 10.5 Å². The molecule has 1 aromatic carbocycles. The predicted octanol–water partition coefficient (Wildman–Crippen LogP) is 2.19. The van der Waals surface area contributed by atoms with Gasteiger partial charge in [-0.3, -0.25) is 0 Å². The van der Waals surface area contributed by atoms with Gasteiger partial charge in [-0.15, -0.1) is 0 Å². The molecule has 0 unspecified atom stereocenters. The highest BCUT2D eigenvalue weighted by atomic mass is 16.5. The lowest BCUT2D eigenvalue weighted by molar-refractivity contribution is -0.130. The van der Waals surface area contributed by atoms with Crippen molar-refractivity contribution in [3.05, 3.63) is 42.1 Å². The first-order chi connectivity index (χ1) is 7.00. The Balaban J connectivity index is 2.73. The molecular formula is C12H15NO2. The molecule has 0 aromatic heterocycles. The molecule has 0 aliphatic carbocycles. The zero-order chi connectivity index (χ0) is 11.4. The van der Waals surface area contributed by atoms with Crippen molar-refractivity contribution in [2.24, 2.45) is 5.73 Å². The van der Waals surface area contributed by atoms with Crippen LogP contribution in [0.4, 0.5) is 0 Å². The van der Waals surface area contributed by atoms with E-state index in [0.29, 0.717) is 11.7 Å². The molecule has 80 valence electrons. The third-order valence-corrected chi connectivity index (χ3v) is 2.02. The Morgan fingerprint density at radius 1 is 1.33 bits per heavy atom. The molecule has 0 saturated carbocycles. The Morgan fingerprint density at radius 3 is 2.27 bits per heavy atom. The van der Waals surface area contributed by atoms with Gasteiger partial charge in [0.1, 0.15) is 11.4 Å². The van der Waals surface area contributed by atoms with Crippen molar-refractivity contribution >= 4 is 5.97 Å². The first-order valence-electron chi connectivity index (χ1n) is 4.77. The number of ether oxygens (including phenoxy) is 1. The average Bonchev–Trinajstić information content (AvgIpc) is 2.18. The minimum absolute atomic E-state index is 0.0945. The summed E-state index contributed by atoms with van der Waals surface area (Å²) in [4.78, 5) is 11.1. The van der Waals surface area contributed by atoms with Crippen LogP contribution in [-0.2, 0) is 4.79 Å². The fourth-order valence-corrected chi connectivity index (χ4v) is 1.09. The second-order valence-corrected chi connectivity index (χ2v) is 3.64. The van der Waals surface area contributed by atoms with Gasteiger partial charge in [0, 0.05) is 0 Å². The van der Waals surface area contributed by atoms with Gasteiger partial charge in [-0.2, -0.15) is 0 Å². The van der Waals surface area contributed by atoms with Crippen molar-refractivity contribution in [3.8, 4) is 5.75 Å². The molecule has 0 bridgehead atoms. The normalized spacial score (nSPS) is 10.1. The Labute approximate surface area is 89.5 Å². The van der Waals surface area contributed by atoms with Crippen LogP contribution in [0.2, 0.25) is 0 Å². The summed E-state index contributed by atoms with van der Waals surface area (Å²) in [5, 5.41) is 0. The second-order valence-electron chi connectivity index (χ2n) is 3.64. The van der Waals surface area contributed by atoms with E-state index < -0.39 is 5.97 Å². The molecule has 15 heavy (non-hydrogen) atoms. The van der Waals surface area contributed by atoms with E-state index in [2.05, 4.69) is 20.4 Å². The summed E-state index contributed by atoms with van der Waals surface area (Å²) in [5.74, 6) is 0.336. The van der Waals surface area contributed by atoms with Crippen molar-refractivity contribution in [2.75, 3.05) is 0 Å². The van der Waals surface area contributed by atoms with E-state index in [0.717, 1.165) is 0 Å². The Morgan fingerprint density at radius 2 is 1.87 bits per heavy atom. The fourth-order valence-electron chi connectivity index (χ4n) is 1.09. The first kappa shape index (κ1) is 11.3. The zero-order valence-electron chi connectivity index (χ0n) is 8.99. The molecule has 0 saturated heterocycles. The molecule has 1 rings (SSSR count). The summed E-state index contributed by atoms with van der Waals surface area (Å²) in [6.45, 7) is 7.50. The Kier molecular flexibility index (Phi) is 3.50. The molecule has 0 spiro atoms. The number of esters is 1. The maximum absolute atomic E-state index is 11.1. The Bertz CT molecular complexity index is 366. The van der Waals surface area contributed by atoms with E-state index in [-0.39, 0.29) is 5.70 Å². The number of carbonyl (C=O) groups excluding carboxylic acids is 1. The van der Waals surface area contributed by atoms with Gasteiger partial charge in [-0.25, -0.2) is 4.79 Å². The fraction of sp³-hybridized carbons (Fsp3) is 0.250. The molecule has 0 heterocycles. The molecule has 1 aromatic rings. The van der Waals surface area contributed by atoms with Crippen molar-refractivity contribution in [3.63, 3.8) is 0 Å². The summed E-state index contributed by atoms with van der Waals surface area (Å²) >= 11 is 0. The van der Waals surface area contributed by atoms with E-state index in [9.17, 15) is 4.79 Å². The molecule has 0 radical (unpaired) electrons. The zero-order valence-corrected chi connectivity index (χ0v) is 8.99. The van der Waals surface area contributed by atoms with Crippen molar-refractivity contribution in [2.45, 2.75) is 19.8 Å². The summed E-state index contributed by atoms with van der Waals surface area (Å²) in [6.07, 6.45) is 0. The van der Waals surface area contributed by atoms with Gasteiger partial charge in [-0.05, 0) is 23.6 Å². The van der Waals surface area contributed by atoms with Gasteiger partial charge in [0.05, 0.1) is 0 Å². The SMILES string of the molecule is C=C(N)C(=O)Oc1ccc(C(C)C)cc1. The first-order valence-corrected chi connectivity index (χ1v) is 4.77. The van der Waals surface area contributed by atoms with E-state index in [4.69, 9.17) is 10.5 Å². The van der Waals surface area contributed by atoms with Crippen LogP contribution < -0.4 is 10.5 Å². The summed E-state index contributed by atoms with van der Waals surface area (Å²) < 4.78 is 4.95. The van der Waals surface area contributed by atoms with Gasteiger partial charge in [-0.1, -0.05) is 32.6 Å². The van der Waals surface area contributed by atoms with Crippen LogP contribution in [0, 0.1) is 0 Å².